The summed E-state index contributed by atoms with van der Waals surface area (Å²) in [5, 5.41) is 20.2. The first-order valence-electron chi connectivity index (χ1n) is 8.76. The number of nitrogens with zero attached hydrogens (tertiary/aromatic N) is 1. The van der Waals surface area contributed by atoms with E-state index in [0.29, 0.717) is 11.8 Å². The second-order valence-electron chi connectivity index (χ2n) is 7.47. The average Bonchev–Trinajstić information content (AvgIpc) is 2.53. The van der Waals surface area contributed by atoms with Crippen LogP contribution >= 0.6 is 0 Å². The highest BCUT2D eigenvalue weighted by molar-refractivity contribution is 5.45. The van der Waals surface area contributed by atoms with Crippen molar-refractivity contribution in [3.63, 3.8) is 0 Å². The van der Waals surface area contributed by atoms with Crippen molar-refractivity contribution in [1.29, 1.82) is 0 Å². The van der Waals surface area contributed by atoms with Gasteiger partial charge in [0.15, 0.2) is 0 Å². The normalized spacial score (nSPS) is 27.7. The number of piperidine rings is 1. The van der Waals surface area contributed by atoms with Gasteiger partial charge in [-0.2, -0.15) is 0 Å². The quantitative estimate of drug-likeness (QED) is 0.895. The Morgan fingerprint density at radius 2 is 2.13 bits per heavy atom. The van der Waals surface area contributed by atoms with Crippen molar-refractivity contribution in [2.24, 2.45) is 11.8 Å². The van der Waals surface area contributed by atoms with E-state index in [4.69, 9.17) is 4.74 Å². The standard InChI is InChI=1S/C19H29NO3/c1-12(2)6-14-10-20-5-4-13-8-19(23-3)15(11-21)7-16(13)17(20)9-18(14)22/h7-8,12,14,17-18,21-22H,4-6,9-11H2,1-3H3/t14-,17+,18-/m0/s1. The van der Waals surface area contributed by atoms with Gasteiger partial charge in [0.05, 0.1) is 19.8 Å². The lowest BCUT2D eigenvalue weighted by atomic mass is 9.79. The number of methoxy groups -OCH3 is 1. The molecule has 1 aromatic rings. The Kier molecular flexibility index (Phi) is 4.95. The van der Waals surface area contributed by atoms with Gasteiger partial charge in [-0.1, -0.05) is 13.8 Å². The van der Waals surface area contributed by atoms with Crippen molar-refractivity contribution in [1.82, 2.24) is 4.90 Å². The Morgan fingerprint density at radius 1 is 1.35 bits per heavy atom. The molecule has 0 spiro atoms. The Balaban J connectivity index is 1.87. The number of hydrogen-bond donors (Lipinski definition) is 2. The van der Waals surface area contributed by atoms with Crippen LogP contribution < -0.4 is 4.74 Å². The lowest BCUT2D eigenvalue weighted by Crippen LogP contribution is -2.48. The zero-order valence-electron chi connectivity index (χ0n) is 14.5. The van der Waals surface area contributed by atoms with Gasteiger partial charge in [0.25, 0.3) is 0 Å². The van der Waals surface area contributed by atoms with Crippen LogP contribution in [0.3, 0.4) is 0 Å². The molecule has 0 bridgehead atoms. The second kappa shape index (κ2) is 6.80. The van der Waals surface area contributed by atoms with E-state index in [-0.39, 0.29) is 18.8 Å². The van der Waals surface area contributed by atoms with E-state index < -0.39 is 0 Å². The number of benzene rings is 1. The smallest absolute Gasteiger partial charge is 0.124 e. The van der Waals surface area contributed by atoms with Crippen LogP contribution in [0.15, 0.2) is 12.1 Å². The van der Waals surface area contributed by atoms with E-state index >= 15 is 0 Å². The molecule has 0 unspecified atom stereocenters. The minimum absolute atomic E-state index is 0.0122. The summed E-state index contributed by atoms with van der Waals surface area (Å²) < 4.78 is 5.40. The predicted molar refractivity (Wildman–Crippen MR) is 90.5 cm³/mol. The van der Waals surface area contributed by atoms with Crippen LogP contribution in [0, 0.1) is 11.8 Å². The lowest BCUT2D eigenvalue weighted by Gasteiger charge is -2.46. The molecule has 128 valence electrons. The van der Waals surface area contributed by atoms with Crippen LogP contribution in [-0.4, -0.2) is 41.4 Å². The van der Waals surface area contributed by atoms with Gasteiger partial charge in [0.2, 0.25) is 0 Å². The van der Waals surface area contributed by atoms with Crippen molar-refractivity contribution >= 4 is 0 Å². The highest BCUT2D eigenvalue weighted by Crippen LogP contribution is 2.41. The fourth-order valence-corrected chi connectivity index (χ4v) is 4.32. The monoisotopic (exact) mass is 319 g/mol. The van der Waals surface area contributed by atoms with Crippen LogP contribution in [0.5, 0.6) is 5.75 Å². The zero-order valence-corrected chi connectivity index (χ0v) is 14.5. The summed E-state index contributed by atoms with van der Waals surface area (Å²) in [6, 6.07) is 4.43. The fraction of sp³-hybridized carbons (Fsp3) is 0.684. The van der Waals surface area contributed by atoms with Crippen LogP contribution in [0.1, 0.15) is 49.4 Å². The van der Waals surface area contributed by atoms with Gasteiger partial charge < -0.3 is 14.9 Å². The zero-order chi connectivity index (χ0) is 16.6. The van der Waals surface area contributed by atoms with E-state index in [1.54, 1.807) is 7.11 Å². The Hall–Kier alpha value is -1.10. The number of aliphatic hydroxyl groups excluding tert-OH is 2. The highest BCUT2D eigenvalue weighted by atomic mass is 16.5. The average molecular weight is 319 g/mol. The Morgan fingerprint density at radius 3 is 2.78 bits per heavy atom. The number of fused-ring (bicyclic) bond motifs is 3. The molecule has 23 heavy (non-hydrogen) atoms. The third-order valence-corrected chi connectivity index (χ3v) is 5.43. The molecule has 3 rings (SSSR count). The number of ether oxygens (including phenoxy) is 1. The SMILES string of the molecule is COc1cc2c(cc1CO)[C@H]1C[C@H](O)[C@@H](CC(C)C)CN1CC2. The maximum Gasteiger partial charge on any atom is 0.124 e. The van der Waals surface area contributed by atoms with Crippen molar-refractivity contribution in [2.45, 2.75) is 51.9 Å². The lowest BCUT2D eigenvalue weighted by molar-refractivity contribution is -0.0191. The Bertz CT molecular complexity index is 558. The molecule has 1 saturated heterocycles. The third kappa shape index (κ3) is 3.25. The van der Waals surface area contributed by atoms with E-state index in [0.717, 1.165) is 43.7 Å². The molecule has 3 atom stereocenters. The molecule has 2 aliphatic heterocycles. The largest absolute Gasteiger partial charge is 0.496 e. The minimum Gasteiger partial charge on any atom is -0.496 e. The van der Waals surface area contributed by atoms with Gasteiger partial charge >= 0.3 is 0 Å². The van der Waals surface area contributed by atoms with E-state index in [1.165, 1.54) is 11.1 Å². The van der Waals surface area contributed by atoms with Gasteiger partial charge in [-0.3, -0.25) is 4.90 Å². The number of rotatable bonds is 4. The molecule has 0 saturated carbocycles. The second-order valence-corrected chi connectivity index (χ2v) is 7.47. The van der Waals surface area contributed by atoms with Crippen molar-refractivity contribution < 1.29 is 14.9 Å². The molecule has 2 heterocycles. The Labute approximate surface area is 139 Å². The molecule has 0 aromatic heterocycles. The summed E-state index contributed by atoms with van der Waals surface area (Å²) in [5.41, 5.74) is 3.41. The maximum atomic E-state index is 10.6. The van der Waals surface area contributed by atoms with Crippen LogP contribution in [0.4, 0.5) is 0 Å². The molecule has 0 aliphatic carbocycles. The molecular weight excluding hydrogens is 290 g/mol. The summed E-state index contributed by atoms with van der Waals surface area (Å²) >= 11 is 0. The first-order chi connectivity index (χ1) is 11.0. The summed E-state index contributed by atoms with van der Waals surface area (Å²) in [4.78, 5) is 2.52. The van der Waals surface area contributed by atoms with Crippen molar-refractivity contribution in [3.8, 4) is 5.75 Å². The van der Waals surface area contributed by atoms with Gasteiger partial charge in [0.1, 0.15) is 5.75 Å². The first-order valence-corrected chi connectivity index (χ1v) is 8.76. The third-order valence-electron chi connectivity index (χ3n) is 5.43. The van der Waals surface area contributed by atoms with Crippen LogP contribution in [-0.2, 0) is 13.0 Å². The van der Waals surface area contributed by atoms with Crippen LogP contribution in [0.2, 0.25) is 0 Å². The molecule has 0 amide bonds. The van der Waals surface area contributed by atoms with E-state index in [2.05, 4.69) is 30.9 Å². The number of aliphatic hydroxyl groups is 2. The molecule has 1 fully saturated rings. The molecule has 2 N–H and O–H groups in total. The summed E-state index contributed by atoms with van der Waals surface area (Å²) in [6.07, 6.45) is 2.66. The van der Waals surface area contributed by atoms with Gasteiger partial charge in [0, 0.05) is 24.7 Å². The minimum atomic E-state index is -0.232. The topological polar surface area (TPSA) is 52.9 Å². The van der Waals surface area contributed by atoms with E-state index in [1.807, 2.05) is 0 Å². The maximum absolute atomic E-state index is 10.6. The molecule has 1 aromatic carbocycles. The summed E-state index contributed by atoms with van der Waals surface area (Å²) in [6.45, 7) is 6.46. The van der Waals surface area contributed by atoms with Crippen molar-refractivity contribution in [2.75, 3.05) is 20.2 Å². The molecule has 4 heteroatoms. The summed E-state index contributed by atoms with van der Waals surface area (Å²) in [7, 11) is 1.65. The number of hydrogen-bond acceptors (Lipinski definition) is 4. The molecule has 4 nitrogen and oxygen atoms in total. The fourth-order valence-electron chi connectivity index (χ4n) is 4.32. The van der Waals surface area contributed by atoms with Gasteiger partial charge in [-0.05, 0) is 54.4 Å². The van der Waals surface area contributed by atoms with Crippen molar-refractivity contribution in [3.05, 3.63) is 28.8 Å². The first kappa shape index (κ1) is 16.7. The molecular formula is C19H29NO3. The van der Waals surface area contributed by atoms with Gasteiger partial charge in [-0.15, -0.1) is 0 Å². The van der Waals surface area contributed by atoms with Gasteiger partial charge in [-0.25, -0.2) is 0 Å². The van der Waals surface area contributed by atoms with Crippen LogP contribution in [0.25, 0.3) is 0 Å². The highest BCUT2D eigenvalue weighted by Gasteiger charge is 2.38. The molecule has 2 aliphatic rings. The van der Waals surface area contributed by atoms with E-state index in [9.17, 15) is 10.2 Å². The molecule has 0 radical (unpaired) electrons. The predicted octanol–water partition coefficient (Wildman–Crippen LogP) is 2.51. The summed E-state index contributed by atoms with van der Waals surface area (Å²) in [5.74, 6) is 1.77.